The number of aliphatic hydroxyl groups is 2. The van der Waals surface area contributed by atoms with Gasteiger partial charge < -0.3 is 19.8 Å². The molecule has 1 heterocycles. The molecule has 1 saturated heterocycles. The third-order valence-corrected chi connectivity index (χ3v) is 3.89. The van der Waals surface area contributed by atoms with E-state index in [4.69, 9.17) is 4.74 Å². The first kappa shape index (κ1) is 14.2. The van der Waals surface area contributed by atoms with Gasteiger partial charge in [0.2, 0.25) is 0 Å². The summed E-state index contributed by atoms with van der Waals surface area (Å²) in [5.74, 6) is 1.15. The van der Waals surface area contributed by atoms with Crippen molar-refractivity contribution >= 4 is 5.69 Å². The van der Waals surface area contributed by atoms with Crippen molar-refractivity contribution in [3.63, 3.8) is 0 Å². The van der Waals surface area contributed by atoms with Crippen molar-refractivity contribution in [2.75, 3.05) is 31.7 Å². The number of anilines is 1. The lowest BCUT2D eigenvalue weighted by molar-refractivity contribution is 0.192. The van der Waals surface area contributed by atoms with Crippen LogP contribution in [-0.4, -0.2) is 37.0 Å². The van der Waals surface area contributed by atoms with Crippen LogP contribution in [0.4, 0.5) is 5.69 Å². The highest BCUT2D eigenvalue weighted by atomic mass is 16.5. The quantitative estimate of drug-likeness (QED) is 0.874. The maximum absolute atomic E-state index is 10.00. The van der Waals surface area contributed by atoms with Crippen LogP contribution in [0.3, 0.4) is 0 Å². The number of hydrogen-bond donors (Lipinski definition) is 2. The molecule has 4 nitrogen and oxygen atoms in total. The SMILES string of the molecule is COc1cccc(N2CCC(CO)CC2)c1[C@@H](C)O. The molecule has 1 atom stereocenters. The van der Waals surface area contributed by atoms with Gasteiger partial charge in [0.05, 0.1) is 13.2 Å². The van der Waals surface area contributed by atoms with E-state index >= 15 is 0 Å². The molecule has 106 valence electrons. The minimum absolute atomic E-state index is 0.273. The standard InChI is InChI=1S/C15H23NO3/c1-11(18)15-13(4-3-5-14(15)19-2)16-8-6-12(10-17)7-9-16/h3-5,11-12,17-18H,6-10H2,1-2H3/t11-/m1/s1. The van der Waals surface area contributed by atoms with Gasteiger partial charge in [-0.05, 0) is 37.8 Å². The Labute approximate surface area is 114 Å². The van der Waals surface area contributed by atoms with Gasteiger partial charge in [0.25, 0.3) is 0 Å². The number of piperidine rings is 1. The lowest BCUT2D eigenvalue weighted by Crippen LogP contribution is -2.35. The van der Waals surface area contributed by atoms with E-state index in [1.807, 2.05) is 18.2 Å². The fourth-order valence-electron chi connectivity index (χ4n) is 2.76. The highest BCUT2D eigenvalue weighted by Gasteiger charge is 2.23. The monoisotopic (exact) mass is 265 g/mol. The number of methoxy groups -OCH3 is 1. The molecular formula is C15H23NO3. The summed E-state index contributed by atoms with van der Waals surface area (Å²) in [6.07, 6.45) is 1.43. The molecule has 1 fully saturated rings. The van der Waals surface area contributed by atoms with Gasteiger partial charge in [-0.15, -0.1) is 0 Å². The van der Waals surface area contributed by atoms with E-state index in [9.17, 15) is 10.2 Å². The normalized spacial score (nSPS) is 18.4. The van der Waals surface area contributed by atoms with Gasteiger partial charge in [-0.2, -0.15) is 0 Å². The van der Waals surface area contributed by atoms with Gasteiger partial charge in [0.1, 0.15) is 5.75 Å². The summed E-state index contributed by atoms with van der Waals surface area (Å²) >= 11 is 0. The summed E-state index contributed by atoms with van der Waals surface area (Å²) in [7, 11) is 1.63. The summed E-state index contributed by atoms with van der Waals surface area (Å²) < 4.78 is 5.35. The van der Waals surface area contributed by atoms with Gasteiger partial charge in [0, 0.05) is 30.9 Å². The second-order valence-electron chi connectivity index (χ2n) is 5.18. The van der Waals surface area contributed by atoms with Crippen molar-refractivity contribution in [2.24, 2.45) is 5.92 Å². The number of benzene rings is 1. The number of ether oxygens (including phenoxy) is 1. The van der Waals surface area contributed by atoms with Gasteiger partial charge in [-0.3, -0.25) is 0 Å². The van der Waals surface area contributed by atoms with Crippen molar-refractivity contribution < 1.29 is 14.9 Å². The van der Waals surface area contributed by atoms with Crippen LogP contribution in [0.1, 0.15) is 31.4 Å². The van der Waals surface area contributed by atoms with Gasteiger partial charge >= 0.3 is 0 Å². The molecule has 0 spiro atoms. The fourth-order valence-corrected chi connectivity index (χ4v) is 2.76. The highest BCUT2D eigenvalue weighted by Crippen LogP contribution is 2.36. The zero-order valence-corrected chi connectivity index (χ0v) is 11.7. The Morgan fingerprint density at radius 1 is 1.37 bits per heavy atom. The number of hydrogen-bond acceptors (Lipinski definition) is 4. The average Bonchev–Trinajstić information content (AvgIpc) is 2.46. The Hall–Kier alpha value is -1.26. The van der Waals surface area contributed by atoms with E-state index < -0.39 is 6.10 Å². The summed E-state index contributed by atoms with van der Waals surface area (Å²) in [5.41, 5.74) is 1.90. The predicted octanol–water partition coefficient (Wildman–Crippen LogP) is 1.96. The number of nitrogens with zero attached hydrogens (tertiary/aromatic N) is 1. The Morgan fingerprint density at radius 3 is 2.58 bits per heavy atom. The number of aliphatic hydroxyl groups excluding tert-OH is 2. The molecule has 2 N–H and O–H groups in total. The molecule has 0 radical (unpaired) electrons. The molecule has 1 aromatic rings. The first-order chi connectivity index (χ1) is 9.17. The predicted molar refractivity (Wildman–Crippen MR) is 75.7 cm³/mol. The highest BCUT2D eigenvalue weighted by molar-refractivity contribution is 5.60. The smallest absolute Gasteiger partial charge is 0.126 e. The third kappa shape index (κ3) is 3.01. The van der Waals surface area contributed by atoms with Crippen LogP contribution in [0.5, 0.6) is 5.75 Å². The molecule has 1 aliphatic rings. The minimum atomic E-state index is -0.554. The molecule has 0 aromatic heterocycles. The van der Waals surface area contributed by atoms with Crippen LogP contribution >= 0.6 is 0 Å². The maximum atomic E-state index is 10.00. The van der Waals surface area contributed by atoms with E-state index in [2.05, 4.69) is 4.90 Å². The van der Waals surface area contributed by atoms with E-state index in [0.717, 1.165) is 42.9 Å². The molecule has 0 unspecified atom stereocenters. The number of rotatable bonds is 4. The lowest BCUT2D eigenvalue weighted by atomic mass is 9.96. The second-order valence-corrected chi connectivity index (χ2v) is 5.18. The first-order valence-corrected chi connectivity index (χ1v) is 6.88. The van der Waals surface area contributed by atoms with Gasteiger partial charge in [-0.1, -0.05) is 6.07 Å². The molecule has 1 aliphatic heterocycles. The van der Waals surface area contributed by atoms with Crippen LogP contribution in [0.15, 0.2) is 18.2 Å². The van der Waals surface area contributed by atoms with Gasteiger partial charge in [-0.25, -0.2) is 0 Å². The summed E-state index contributed by atoms with van der Waals surface area (Å²) in [4.78, 5) is 2.27. The zero-order valence-electron chi connectivity index (χ0n) is 11.7. The Kier molecular flexibility index (Phi) is 4.66. The molecular weight excluding hydrogens is 242 g/mol. The van der Waals surface area contributed by atoms with Crippen LogP contribution < -0.4 is 9.64 Å². The molecule has 0 amide bonds. The summed E-state index contributed by atoms with van der Waals surface area (Å²) in [5, 5.41) is 19.2. The first-order valence-electron chi connectivity index (χ1n) is 6.88. The fraction of sp³-hybridized carbons (Fsp3) is 0.600. The largest absolute Gasteiger partial charge is 0.496 e. The second kappa shape index (κ2) is 6.26. The van der Waals surface area contributed by atoms with Crippen molar-refractivity contribution in [3.05, 3.63) is 23.8 Å². The van der Waals surface area contributed by atoms with E-state index in [1.165, 1.54) is 0 Å². The van der Waals surface area contributed by atoms with E-state index in [1.54, 1.807) is 14.0 Å². The van der Waals surface area contributed by atoms with E-state index in [0.29, 0.717) is 5.92 Å². The maximum Gasteiger partial charge on any atom is 0.126 e. The van der Waals surface area contributed by atoms with Crippen LogP contribution in [0.25, 0.3) is 0 Å². The van der Waals surface area contributed by atoms with Crippen LogP contribution in [0, 0.1) is 5.92 Å². The summed E-state index contributed by atoms with van der Waals surface area (Å²) in [6.45, 7) is 3.87. The van der Waals surface area contributed by atoms with Gasteiger partial charge in [0.15, 0.2) is 0 Å². The Bertz CT molecular complexity index is 412. The van der Waals surface area contributed by atoms with Crippen molar-refractivity contribution in [3.8, 4) is 5.75 Å². The van der Waals surface area contributed by atoms with Crippen molar-refractivity contribution in [2.45, 2.75) is 25.9 Å². The zero-order chi connectivity index (χ0) is 13.8. The summed E-state index contributed by atoms with van der Waals surface area (Å²) in [6, 6.07) is 5.87. The molecule has 1 aromatic carbocycles. The molecule has 2 rings (SSSR count). The molecule has 0 saturated carbocycles. The minimum Gasteiger partial charge on any atom is -0.496 e. The third-order valence-electron chi connectivity index (χ3n) is 3.89. The lowest BCUT2D eigenvalue weighted by Gasteiger charge is -2.35. The Morgan fingerprint density at radius 2 is 2.05 bits per heavy atom. The van der Waals surface area contributed by atoms with Crippen molar-refractivity contribution in [1.82, 2.24) is 0 Å². The molecule has 0 bridgehead atoms. The molecule has 4 heteroatoms. The van der Waals surface area contributed by atoms with Crippen molar-refractivity contribution in [1.29, 1.82) is 0 Å². The molecule has 0 aliphatic carbocycles. The Balaban J connectivity index is 2.25. The average molecular weight is 265 g/mol. The van der Waals surface area contributed by atoms with Crippen LogP contribution in [0.2, 0.25) is 0 Å². The molecule has 19 heavy (non-hydrogen) atoms. The topological polar surface area (TPSA) is 52.9 Å². The van der Waals surface area contributed by atoms with Crippen LogP contribution in [-0.2, 0) is 0 Å². The van der Waals surface area contributed by atoms with E-state index in [-0.39, 0.29) is 6.61 Å².